The zero-order valence-electron chi connectivity index (χ0n) is 17.4. The van der Waals surface area contributed by atoms with Crippen LogP contribution in [0.3, 0.4) is 0 Å². The Hall–Kier alpha value is -3.35. The van der Waals surface area contributed by atoms with E-state index in [1.165, 1.54) is 0 Å². The molecule has 1 N–H and O–H groups in total. The van der Waals surface area contributed by atoms with Crippen molar-refractivity contribution in [2.45, 2.75) is 23.3 Å². The quantitative estimate of drug-likeness (QED) is 0.377. The number of rotatable bonds is 3. The number of nitrogens with one attached hydrogen (secondary N) is 1. The molecule has 0 saturated heterocycles. The summed E-state index contributed by atoms with van der Waals surface area (Å²) in [4.78, 5) is 31.0. The highest BCUT2D eigenvalue weighted by Gasteiger charge is 2.25. The van der Waals surface area contributed by atoms with Gasteiger partial charge in [0.15, 0.2) is 0 Å². The lowest BCUT2D eigenvalue weighted by atomic mass is 10.1. The number of carbonyl (C=O) groups excluding carboxylic acids is 2. The molecule has 3 aromatic carbocycles. The Kier molecular flexibility index (Phi) is 5.55. The monoisotopic (exact) mass is 456 g/mol. The minimum absolute atomic E-state index is 0.0682. The van der Waals surface area contributed by atoms with Gasteiger partial charge in [-0.1, -0.05) is 42.1 Å². The van der Waals surface area contributed by atoms with Gasteiger partial charge < -0.3 is 10.2 Å². The van der Waals surface area contributed by atoms with E-state index in [1.807, 2.05) is 59.7 Å². The highest BCUT2D eigenvalue weighted by Crippen LogP contribution is 2.41. The fourth-order valence-electron chi connectivity index (χ4n) is 3.73. The van der Waals surface area contributed by atoms with Gasteiger partial charge in [0.1, 0.15) is 0 Å². The molecule has 0 unspecified atom stereocenters. The summed E-state index contributed by atoms with van der Waals surface area (Å²) in [6.07, 6.45) is 0. The van der Waals surface area contributed by atoms with Crippen molar-refractivity contribution in [2.75, 3.05) is 10.2 Å². The molecular weight excluding hydrogens is 436 g/mol. The summed E-state index contributed by atoms with van der Waals surface area (Å²) in [7, 11) is 0. The topological polar surface area (TPSA) is 49.4 Å². The lowest BCUT2D eigenvalue weighted by Crippen LogP contribution is -2.30. The fraction of sp³-hybridized carbons (Fsp3) is 0.0769. The van der Waals surface area contributed by atoms with Gasteiger partial charge in [-0.2, -0.15) is 0 Å². The molecule has 6 heteroatoms. The van der Waals surface area contributed by atoms with Gasteiger partial charge in [-0.15, -0.1) is 11.3 Å². The summed E-state index contributed by atoms with van der Waals surface area (Å²) in [5.74, 6) is -0.209. The Bertz CT molecular complexity index is 1310. The molecule has 1 aliphatic heterocycles. The van der Waals surface area contributed by atoms with Gasteiger partial charge >= 0.3 is 0 Å². The number of carbonyl (C=O) groups is 2. The molecule has 1 aromatic heterocycles. The van der Waals surface area contributed by atoms with Gasteiger partial charge in [0, 0.05) is 25.9 Å². The second kappa shape index (κ2) is 8.65. The van der Waals surface area contributed by atoms with Crippen LogP contribution in [0.4, 0.5) is 11.4 Å². The maximum atomic E-state index is 13.5. The van der Waals surface area contributed by atoms with Crippen LogP contribution in [0.15, 0.2) is 94.0 Å². The first-order valence-corrected chi connectivity index (χ1v) is 11.9. The van der Waals surface area contributed by atoms with Gasteiger partial charge in [-0.05, 0) is 66.4 Å². The zero-order chi connectivity index (χ0) is 22.1. The van der Waals surface area contributed by atoms with Crippen LogP contribution in [0, 0.1) is 6.92 Å². The fourth-order valence-corrected chi connectivity index (χ4v) is 5.50. The number of benzene rings is 3. The largest absolute Gasteiger partial charge is 0.322 e. The Morgan fingerprint density at radius 1 is 0.875 bits per heavy atom. The lowest BCUT2D eigenvalue weighted by Gasteiger charge is -2.23. The summed E-state index contributed by atoms with van der Waals surface area (Å²) in [5.41, 5.74) is 3.94. The van der Waals surface area contributed by atoms with E-state index in [-0.39, 0.29) is 11.8 Å². The minimum atomic E-state index is -0.141. The summed E-state index contributed by atoms with van der Waals surface area (Å²) in [6.45, 7) is 2.44. The lowest BCUT2D eigenvalue weighted by molar-refractivity contribution is 0.0983. The molecule has 0 radical (unpaired) electrons. The third-order valence-corrected chi connectivity index (χ3v) is 7.44. The average molecular weight is 457 g/mol. The number of hydrogen-bond donors (Lipinski definition) is 1. The van der Waals surface area contributed by atoms with E-state index in [1.54, 1.807) is 47.4 Å². The van der Waals surface area contributed by atoms with Gasteiger partial charge in [0.05, 0.1) is 17.8 Å². The molecule has 4 aromatic rings. The van der Waals surface area contributed by atoms with Gasteiger partial charge in [-0.25, -0.2) is 0 Å². The average Bonchev–Trinajstić information content (AvgIpc) is 3.17. The summed E-state index contributed by atoms with van der Waals surface area (Å²) in [6, 6.07) is 25.1. The first kappa shape index (κ1) is 20.5. The third-order valence-electron chi connectivity index (χ3n) is 5.42. The number of nitrogens with zero attached hydrogens (tertiary/aromatic N) is 1. The van der Waals surface area contributed by atoms with Crippen molar-refractivity contribution in [3.8, 4) is 0 Å². The van der Waals surface area contributed by atoms with E-state index in [4.69, 9.17) is 0 Å². The van der Waals surface area contributed by atoms with Crippen LogP contribution < -0.4 is 10.2 Å². The van der Waals surface area contributed by atoms with Crippen molar-refractivity contribution in [2.24, 2.45) is 0 Å². The summed E-state index contributed by atoms with van der Waals surface area (Å²) in [5, 5.41) is 4.81. The van der Waals surface area contributed by atoms with Crippen molar-refractivity contribution < 1.29 is 9.59 Å². The molecule has 0 aliphatic carbocycles. The standard InChI is InChI=1S/C26H20N2O2S2/c1-17-21(14-15-31-17)25(29)27-20-12-10-18(11-13-20)26(30)28-16-19-6-2-4-8-23(19)32-24-9-5-3-7-22(24)28/h2-15H,16H2,1H3,(H,27,29). The van der Waals surface area contributed by atoms with E-state index in [0.717, 1.165) is 25.9 Å². The molecule has 0 fully saturated rings. The molecule has 2 amide bonds. The van der Waals surface area contributed by atoms with Crippen molar-refractivity contribution in [3.05, 3.63) is 106 Å². The molecule has 158 valence electrons. The summed E-state index contributed by atoms with van der Waals surface area (Å²) < 4.78 is 0. The van der Waals surface area contributed by atoms with Crippen molar-refractivity contribution >= 4 is 46.3 Å². The van der Waals surface area contributed by atoms with Crippen LogP contribution in [0.2, 0.25) is 0 Å². The predicted octanol–water partition coefficient (Wildman–Crippen LogP) is 6.62. The van der Waals surface area contributed by atoms with Crippen LogP contribution in [0.25, 0.3) is 0 Å². The van der Waals surface area contributed by atoms with E-state index in [9.17, 15) is 9.59 Å². The molecule has 0 saturated carbocycles. The molecule has 4 nitrogen and oxygen atoms in total. The number of anilines is 2. The van der Waals surface area contributed by atoms with Crippen LogP contribution in [-0.2, 0) is 6.54 Å². The number of para-hydroxylation sites is 1. The number of amides is 2. The molecule has 2 heterocycles. The smallest absolute Gasteiger partial charge is 0.258 e. The first-order chi connectivity index (χ1) is 15.6. The number of fused-ring (bicyclic) bond motifs is 2. The SMILES string of the molecule is Cc1sccc1C(=O)Nc1ccc(C(=O)N2Cc3ccccc3Sc3ccccc32)cc1. The van der Waals surface area contributed by atoms with Gasteiger partial charge in [0.2, 0.25) is 0 Å². The second-order valence-corrected chi connectivity index (χ2v) is 9.69. The number of thiophene rings is 1. The van der Waals surface area contributed by atoms with Gasteiger partial charge in [-0.3, -0.25) is 9.59 Å². The third kappa shape index (κ3) is 3.95. The van der Waals surface area contributed by atoms with E-state index < -0.39 is 0 Å². The predicted molar refractivity (Wildman–Crippen MR) is 131 cm³/mol. The Balaban J connectivity index is 1.41. The van der Waals surface area contributed by atoms with Gasteiger partial charge in [0.25, 0.3) is 11.8 Å². The van der Waals surface area contributed by atoms with Crippen molar-refractivity contribution in [3.63, 3.8) is 0 Å². The maximum Gasteiger partial charge on any atom is 0.258 e. The second-order valence-electron chi connectivity index (χ2n) is 7.49. The molecule has 5 rings (SSSR count). The van der Waals surface area contributed by atoms with Crippen molar-refractivity contribution in [1.29, 1.82) is 0 Å². The minimum Gasteiger partial charge on any atom is -0.322 e. The summed E-state index contributed by atoms with van der Waals surface area (Å²) >= 11 is 3.23. The molecular formula is C26H20N2O2S2. The molecule has 0 atom stereocenters. The normalized spacial score (nSPS) is 12.5. The number of hydrogen-bond acceptors (Lipinski definition) is 4. The molecule has 32 heavy (non-hydrogen) atoms. The van der Waals surface area contributed by atoms with Crippen LogP contribution in [0.1, 0.15) is 31.2 Å². The Morgan fingerprint density at radius 3 is 2.34 bits per heavy atom. The number of aryl methyl sites for hydroxylation is 1. The first-order valence-electron chi connectivity index (χ1n) is 10.2. The van der Waals surface area contributed by atoms with E-state index in [2.05, 4.69) is 17.4 Å². The van der Waals surface area contributed by atoms with E-state index in [0.29, 0.717) is 23.4 Å². The van der Waals surface area contributed by atoms with Crippen molar-refractivity contribution in [1.82, 2.24) is 0 Å². The van der Waals surface area contributed by atoms with E-state index >= 15 is 0 Å². The highest BCUT2D eigenvalue weighted by atomic mass is 32.2. The maximum absolute atomic E-state index is 13.5. The highest BCUT2D eigenvalue weighted by molar-refractivity contribution is 7.99. The molecule has 0 spiro atoms. The molecule has 0 bridgehead atoms. The zero-order valence-corrected chi connectivity index (χ0v) is 19.0. The Morgan fingerprint density at radius 2 is 1.59 bits per heavy atom. The molecule has 1 aliphatic rings. The van der Waals surface area contributed by atoms with Crippen LogP contribution in [-0.4, -0.2) is 11.8 Å². The Labute approximate surface area is 194 Å². The van der Waals surface area contributed by atoms with Crippen LogP contribution in [0.5, 0.6) is 0 Å². The van der Waals surface area contributed by atoms with Crippen LogP contribution >= 0.6 is 23.1 Å².